The quantitative estimate of drug-likeness (QED) is 0.889. The first-order valence-electron chi connectivity index (χ1n) is 6.39. The highest BCUT2D eigenvalue weighted by Gasteiger charge is 2.27. The SMILES string of the molecule is Cc1ccc(Cl)cc1S(=O)(=O)NC1CCNCC1C.Cl. The van der Waals surface area contributed by atoms with E-state index in [2.05, 4.69) is 10.0 Å². The molecule has 1 fully saturated rings. The second-order valence-electron chi connectivity index (χ2n) is 5.11. The number of hydrogen-bond acceptors (Lipinski definition) is 3. The maximum atomic E-state index is 12.4. The van der Waals surface area contributed by atoms with Crippen LogP contribution in [0.2, 0.25) is 5.02 Å². The number of benzene rings is 1. The number of nitrogens with one attached hydrogen (secondary N) is 2. The van der Waals surface area contributed by atoms with Crippen molar-refractivity contribution in [3.05, 3.63) is 28.8 Å². The van der Waals surface area contributed by atoms with Crippen molar-refractivity contribution in [2.45, 2.75) is 31.2 Å². The van der Waals surface area contributed by atoms with Crippen molar-refractivity contribution >= 4 is 34.0 Å². The second kappa shape index (κ2) is 7.09. The van der Waals surface area contributed by atoms with E-state index < -0.39 is 10.0 Å². The van der Waals surface area contributed by atoms with E-state index in [1.54, 1.807) is 19.1 Å². The van der Waals surface area contributed by atoms with Crippen molar-refractivity contribution in [1.29, 1.82) is 0 Å². The fraction of sp³-hybridized carbons (Fsp3) is 0.538. The Hall–Kier alpha value is -0.330. The van der Waals surface area contributed by atoms with Crippen LogP contribution >= 0.6 is 24.0 Å². The number of rotatable bonds is 3. The van der Waals surface area contributed by atoms with Crippen LogP contribution in [-0.2, 0) is 10.0 Å². The third-order valence-electron chi connectivity index (χ3n) is 3.53. The van der Waals surface area contributed by atoms with E-state index in [0.29, 0.717) is 10.6 Å². The molecule has 1 heterocycles. The standard InChI is InChI=1S/C13H19ClN2O2S.ClH/c1-9-3-4-11(14)7-13(9)19(17,18)16-12-5-6-15-8-10(12)2;/h3-4,7,10,12,15-16H,5-6,8H2,1-2H3;1H. The van der Waals surface area contributed by atoms with Crippen LogP contribution in [0.4, 0.5) is 0 Å². The van der Waals surface area contributed by atoms with Gasteiger partial charge >= 0.3 is 0 Å². The topological polar surface area (TPSA) is 58.2 Å². The highest BCUT2D eigenvalue weighted by molar-refractivity contribution is 7.89. The first-order valence-corrected chi connectivity index (χ1v) is 8.25. The van der Waals surface area contributed by atoms with Gasteiger partial charge in [-0.25, -0.2) is 13.1 Å². The Balaban J connectivity index is 0.00000200. The highest BCUT2D eigenvalue weighted by atomic mass is 35.5. The number of hydrogen-bond donors (Lipinski definition) is 2. The van der Waals surface area contributed by atoms with Gasteiger partial charge in [0.2, 0.25) is 10.0 Å². The molecule has 1 aromatic rings. The lowest BCUT2D eigenvalue weighted by molar-refractivity contribution is 0.328. The fourth-order valence-corrected chi connectivity index (χ4v) is 4.20. The minimum atomic E-state index is -3.51. The van der Waals surface area contributed by atoms with Gasteiger partial charge in [0.25, 0.3) is 0 Å². The molecular weight excluding hydrogens is 319 g/mol. The maximum absolute atomic E-state index is 12.4. The molecule has 0 aromatic heterocycles. The van der Waals surface area contributed by atoms with Gasteiger partial charge in [0, 0.05) is 11.1 Å². The van der Waals surface area contributed by atoms with Gasteiger partial charge in [-0.15, -0.1) is 12.4 Å². The Kier molecular flexibility index (Phi) is 6.28. The van der Waals surface area contributed by atoms with Crippen LogP contribution in [0.3, 0.4) is 0 Å². The number of piperidine rings is 1. The van der Waals surface area contributed by atoms with Crippen molar-refractivity contribution in [2.24, 2.45) is 5.92 Å². The molecule has 0 saturated carbocycles. The Morgan fingerprint density at radius 3 is 2.75 bits per heavy atom. The van der Waals surface area contributed by atoms with Gasteiger partial charge in [-0.1, -0.05) is 24.6 Å². The minimum absolute atomic E-state index is 0. The predicted molar refractivity (Wildman–Crippen MR) is 84.2 cm³/mol. The molecule has 114 valence electrons. The zero-order valence-corrected chi connectivity index (χ0v) is 13.9. The van der Waals surface area contributed by atoms with Crippen molar-refractivity contribution in [3.8, 4) is 0 Å². The molecule has 1 saturated heterocycles. The van der Waals surface area contributed by atoms with Crippen LogP contribution in [0, 0.1) is 12.8 Å². The van der Waals surface area contributed by atoms with Crippen molar-refractivity contribution in [1.82, 2.24) is 10.0 Å². The molecule has 0 amide bonds. The lowest BCUT2D eigenvalue weighted by Crippen LogP contribution is -2.48. The first-order chi connectivity index (χ1) is 8.90. The van der Waals surface area contributed by atoms with Gasteiger partial charge in [0.1, 0.15) is 0 Å². The number of sulfonamides is 1. The van der Waals surface area contributed by atoms with Gasteiger partial charge < -0.3 is 5.32 Å². The zero-order chi connectivity index (χ0) is 14.0. The summed E-state index contributed by atoms with van der Waals surface area (Å²) >= 11 is 5.89. The molecule has 4 nitrogen and oxygen atoms in total. The van der Waals surface area contributed by atoms with E-state index in [4.69, 9.17) is 11.6 Å². The summed E-state index contributed by atoms with van der Waals surface area (Å²) in [6.07, 6.45) is 0.806. The molecule has 1 aromatic carbocycles. The summed E-state index contributed by atoms with van der Waals surface area (Å²) < 4.78 is 27.7. The van der Waals surface area contributed by atoms with E-state index in [1.807, 2.05) is 6.92 Å². The smallest absolute Gasteiger partial charge is 0.241 e. The first kappa shape index (κ1) is 17.7. The molecule has 2 rings (SSSR count). The van der Waals surface area contributed by atoms with Crippen LogP contribution < -0.4 is 10.0 Å². The average molecular weight is 339 g/mol. The van der Waals surface area contributed by atoms with Gasteiger partial charge in [-0.2, -0.15) is 0 Å². The molecule has 7 heteroatoms. The molecule has 2 N–H and O–H groups in total. The van der Waals surface area contributed by atoms with Gasteiger partial charge in [0.15, 0.2) is 0 Å². The largest absolute Gasteiger partial charge is 0.316 e. The fourth-order valence-electron chi connectivity index (χ4n) is 2.32. The molecule has 0 aliphatic carbocycles. The zero-order valence-electron chi connectivity index (χ0n) is 11.5. The van der Waals surface area contributed by atoms with Gasteiger partial charge in [-0.05, 0) is 50.0 Å². The molecule has 0 spiro atoms. The third kappa shape index (κ3) is 4.09. The van der Waals surface area contributed by atoms with Crippen LogP contribution in [-0.4, -0.2) is 27.5 Å². The van der Waals surface area contributed by atoms with Gasteiger partial charge in [0.05, 0.1) is 4.90 Å². The van der Waals surface area contributed by atoms with Crippen molar-refractivity contribution in [3.63, 3.8) is 0 Å². The third-order valence-corrected chi connectivity index (χ3v) is 5.40. The molecule has 20 heavy (non-hydrogen) atoms. The molecule has 2 unspecified atom stereocenters. The maximum Gasteiger partial charge on any atom is 0.241 e. The summed E-state index contributed by atoms with van der Waals surface area (Å²) in [5, 5.41) is 3.69. The molecule has 0 bridgehead atoms. The van der Waals surface area contributed by atoms with E-state index in [0.717, 1.165) is 19.5 Å². The lowest BCUT2D eigenvalue weighted by atomic mass is 9.97. The van der Waals surface area contributed by atoms with E-state index in [1.165, 1.54) is 6.07 Å². The molecular formula is C13H20Cl2N2O2S. The van der Waals surface area contributed by atoms with Gasteiger partial charge in [-0.3, -0.25) is 0 Å². The van der Waals surface area contributed by atoms with E-state index in [-0.39, 0.29) is 29.3 Å². The Labute approximate surface area is 131 Å². The number of aryl methyl sites for hydroxylation is 1. The second-order valence-corrected chi connectivity index (χ2v) is 7.23. The lowest BCUT2D eigenvalue weighted by Gasteiger charge is -2.30. The number of halogens is 2. The minimum Gasteiger partial charge on any atom is -0.316 e. The average Bonchev–Trinajstić information content (AvgIpc) is 2.35. The Bertz CT molecular complexity index is 563. The van der Waals surface area contributed by atoms with Crippen LogP contribution in [0.1, 0.15) is 18.9 Å². The van der Waals surface area contributed by atoms with E-state index >= 15 is 0 Å². The molecule has 2 atom stereocenters. The monoisotopic (exact) mass is 338 g/mol. The normalized spacial score (nSPS) is 23.1. The van der Waals surface area contributed by atoms with E-state index in [9.17, 15) is 8.42 Å². The predicted octanol–water partition coefficient (Wildman–Crippen LogP) is 2.35. The summed E-state index contributed by atoms with van der Waals surface area (Å²) in [7, 11) is -3.51. The van der Waals surface area contributed by atoms with Crippen molar-refractivity contribution < 1.29 is 8.42 Å². The Morgan fingerprint density at radius 2 is 2.10 bits per heavy atom. The van der Waals surface area contributed by atoms with Crippen molar-refractivity contribution in [2.75, 3.05) is 13.1 Å². The molecule has 1 aliphatic rings. The highest BCUT2D eigenvalue weighted by Crippen LogP contribution is 2.22. The Morgan fingerprint density at radius 1 is 1.40 bits per heavy atom. The molecule has 1 aliphatic heterocycles. The van der Waals surface area contributed by atoms with Crippen LogP contribution in [0.15, 0.2) is 23.1 Å². The van der Waals surface area contributed by atoms with Crippen LogP contribution in [0.5, 0.6) is 0 Å². The summed E-state index contributed by atoms with van der Waals surface area (Å²) in [6, 6.07) is 4.90. The summed E-state index contributed by atoms with van der Waals surface area (Å²) in [5.74, 6) is 0.281. The van der Waals surface area contributed by atoms with Crippen LogP contribution in [0.25, 0.3) is 0 Å². The summed E-state index contributed by atoms with van der Waals surface area (Å²) in [4.78, 5) is 0.269. The summed E-state index contributed by atoms with van der Waals surface area (Å²) in [6.45, 7) is 5.49. The summed E-state index contributed by atoms with van der Waals surface area (Å²) in [5.41, 5.74) is 0.707. The molecule has 0 radical (unpaired) electrons.